The van der Waals surface area contributed by atoms with E-state index in [1.54, 1.807) is 0 Å². The number of hydrogen-bond donors (Lipinski definition) is 3. The fourth-order valence-electron chi connectivity index (χ4n) is 4.49. The Bertz CT molecular complexity index is 1590. The molecule has 0 aliphatic rings. The number of halogens is 2. The summed E-state index contributed by atoms with van der Waals surface area (Å²) in [6.45, 7) is 4.36. The second kappa shape index (κ2) is 12.7. The second-order valence-corrected chi connectivity index (χ2v) is 9.52. The predicted octanol–water partition coefficient (Wildman–Crippen LogP) is 0.517. The minimum absolute atomic E-state index is 0. The summed E-state index contributed by atoms with van der Waals surface area (Å²) in [6.07, 6.45) is 6.13. The zero-order chi connectivity index (χ0) is 25.9. The number of benzene rings is 3. The van der Waals surface area contributed by atoms with Gasteiger partial charge in [-0.05, 0) is 72.5 Å². The van der Waals surface area contributed by atoms with E-state index in [1.807, 2.05) is 43.2 Å². The highest BCUT2D eigenvalue weighted by Crippen LogP contribution is 2.30. The summed E-state index contributed by atoms with van der Waals surface area (Å²) in [4.78, 5) is 0. The molecule has 0 unspecified atom stereocenters. The van der Waals surface area contributed by atoms with Gasteiger partial charge in [-0.1, -0.05) is 24.3 Å². The molecule has 4 N–H and O–H groups in total. The van der Waals surface area contributed by atoms with E-state index in [0.717, 1.165) is 39.3 Å². The molecule has 3 aromatic carbocycles. The number of pyridine rings is 2. The van der Waals surface area contributed by atoms with Gasteiger partial charge in [0.25, 0.3) is 0 Å². The highest BCUT2D eigenvalue weighted by Gasteiger charge is 2.11. The Balaban J connectivity index is 0.00000210. The molecule has 39 heavy (non-hydrogen) atoms. The largest absolute Gasteiger partial charge is 1.00 e. The van der Waals surface area contributed by atoms with Gasteiger partial charge in [-0.2, -0.15) is 0 Å². The van der Waals surface area contributed by atoms with Crippen LogP contribution in [0.5, 0.6) is 0 Å². The number of anilines is 5. The van der Waals surface area contributed by atoms with Gasteiger partial charge in [-0.3, -0.25) is 0 Å². The maximum absolute atomic E-state index is 6.07. The number of nitrogens with one attached hydrogen (secondary N) is 2. The number of hydrogen-bond acceptors (Lipinski definition) is 3. The topological polar surface area (TPSA) is 57.8 Å². The molecular weight excluding hydrogens is 525 g/mol. The molecule has 0 fully saturated rings. The number of nitrogen functional groups attached to an aromatic ring is 1. The van der Waals surface area contributed by atoms with Crippen LogP contribution in [0.15, 0.2) is 104 Å². The number of allylic oxidation sites excluding steroid dienone is 2. The Morgan fingerprint density at radius 3 is 1.69 bits per heavy atom. The molecule has 0 aliphatic heterocycles. The smallest absolute Gasteiger partial charge is 0.214 e. The first kappa shape index (κ1) is 29.5. The molecule has 200 valence electrons. The van der Waals surface area contributed by atoms with Crippen LogP contribution in [0.3, 0.4) is 0 Å². The van der Waals surface area contributed by atoms with Crippen molar-refractivity contribution in [2.24, 2.45) is 14.1 Å². The van der Waals surface area contributed by atoms with Crippen LogP contribution in [0.2, 0.25) is 0 Å². The lowest BCUT2D eigenvalue weighted by Gasteiger charge is -2.13. The van der Waals surface area contributed by atoms with Gasteiger partial charge in [0, 0.05) is 41.3 Å². The summed E-state index contributed by atoms with van der Waals surface area (Å²) in [7, 11) is 4.06. The van der Waals surface area contributed by atoms with Gasteiger partial charge in [-0.15, -0.1) is 0 Å². The van der Waals surface area contributed by atoms with E-state index in [-0.39, 0.29) is 24.8 Å². The molecular formula is C32H33Cl2N5. The van der Waals surface area contributed by atoms with Crippen LogP contribution < -0.4 is 50.3 Å². The molecule has 5 rings (SSSR count). The van der Waals surface area contributed by atoms with Crippen molar-refractivity contribution in [1.29, 1.82) is 0 Å². The lowest BCUT2D eigenvalue weighted by atomic mass is 9.96. The SMILES string of the molecule is C/C(=C(/C)c1ccc(Nc2cc[n+](C)c3ccc(N)cc23)cc1)c1ccc(Nc2cc[n+](C)cc2)cc1.[Cl-].[Cl-]. The van der Waals surface area contributed by atoms with E-state index in [0.29, 0.717) is 0 Å². The minimum atomic E-state index is 0. The number of rotatable bonds is 6. The van der Waals surface area contributed by atoms with Crippen LogP contribution in [-0.2, 0) is 14.1 Å². The maximum Gasteiger partial charge on any atom is 0.214 e. The number of nitrogens with zero attached hydrogens (tertiary/aromatic N) is 2. The van der Waals surface area contributed by atoms with E-state index in [2.05, 4.69) is 108 Å². The molecule has 0 saturated heterocycles. The summed E-state index contributed by atoms with van der Waals surface area (Å²) < 4.78 is 4.12. The van der Waals surface area contributed by atoms with Crippen molar-refractivity contribution >= 4 is 50.5 Å². The van der Waals surface area contributed by atoms with Crippen molar-refractivity contribution in [1.82, 2.24) is 0 Å². The molecule has 2 heterocycles. The minimum Gasteiger partial charge on any atom is -1.00 e. The van der Waals surface area contributed by atoms with Crippen molar-refractivity contribution < 1.29 is 33.9 Å². The normalized spacial score (nSPS) is 11.2. The Kier molecular flexibility index (Phi) is 9.57. The van der Waals surface area contributed by atoms with E-state index in [9.17, 15) is 0 Å². The van der Waals surface area contributed by atoms with Crippen molar-refractivity contribution in [2.75, 3.05) is 16.4 Å². The zero-order valence-corrected chi connectivity index (χ0v) is 24.1. The molecule has 0 aliphatic carbocycles. The van der Waals surface area contributed by atoms with Gasteiger partial charge in [0.1, 0.15) is 14.1 Å². The van der Waals surface area contributed by atoms with Gasteiger partial charge in [0.2, 0.25) is 5.52 Å². The third kappa shape index (κ3) is 6.69. The third-order valence-electron chi connectivity index (χ3n) is 6.90. The average Bonchev–Trinajstić information content (AvgIpc) is 2.91. The summed E-state index contributed by atoms with van der Waals surface area (Å²) in [6, 6.07) is 29.4. The molecule has 0 spiro atoms. The average molecular weight is 559 g/mol. The van der Waals surface area contributed by atoms with E-state index >= 15 is 0 Å². The highest BCUT2D eigenvalue weighted by atomic mass is 35.5. The molecule has 0 atom stereocenters. The number of nitrogens with two attached hydrogens (primary N) is 1. The number of aromatic nitrogens is 2. The summed E-state index contributed by atoms with van der Waals surface area (Å²) in [5, 5.41) is 8.12. The number of fused-ring (bicyclic) bond motifs is 1. The van der Waals surface area contributed by atoms with Gasteiger partial charge in [-0.25, -0.2) is 9.13 Å². The van der Waals surface area contributed by atoms with Crippen molar-refractivity contribution in [3.8, 4) is 0 Å². The predicted molar refractivity (Wildman–Crippen MR) is 155 cm³/mol. The Labute approximate surface area is 242 Å². The first-order chi connectivity index (χ1) is 17.9. The zero-order valence-electron chi connectivity index (χ0n) is 22.5. The quantitative estimate of drug-likeness (QED) is 0.162. The lowest BCUT2D eigenvalue weighted by Crippen LogP contribution is -3.00. The maximum atomic E-state index is 6.07. The van der Waals surface area contributed by atoms with Crippen LogP contribution in [0.4, 0.5) is 28.4 Å². The summed E-state index contributed by atoms with van der Waals surface area (Å²) in [5.41, 5.74) is 17.1. The van der Waals surface area contributed by atoms with Crippen LogP contribution in [0.25, 0.3) is 22.0 Å². The van der Waals surface area contributed by atoms with Crippen LogP contribution in [0, 0.1) is 0 Å². The van der Waals surface area contributed by atoms with Gasteiger partial charge < -0.3 is 41.2 Å². The first-order valence-electron chi connectivity index (χ1n) is 12.4. The Morgan fingerprint density at radius 1 is 0.615 bits per heavy atom. The van der Waals surface area contributed by atoms with E-state index in [1.165, 1.54) is 22.3 Å². The molecule has 0 saturated carbocycles. The van der Waals surface area contributed by atoms with Crippen molar-refractivity contribution in [3.05, 3.63) is 115 Å². The van der Waals surface area contributed by atoms with E-state index in [4.69, 9.17) is 5.73 Å². The summed E-state index contributed by atoms with van der Waals surface area (Å²) in [5.74, 6) is 0. The Morgan fingerprint density at radius 2 is 1.13 bits per heavy atom. The molecule has 7 heteroatoms. The Hall–Kier alpha value is -4.06. The second-order valence-electron chi connectivity index (χ2n) is 9.52. The monoisotopic (exact) mass is 557 g/mol. The lowest BCUT2D eigenvalue weighted by molar-refractivity contribution is -0.671. The number of aryl methyl sites for hydroxylation is 2. The fraction of sp³-hybridized carbons (Fsp3) is 0.125. The summed E-state index contributed by atoms with van der Waals surface area (Å²) >= 11 is 0. The fourth-order valence-corrected chi connectivity index (χ4v) is 4.49. The molecule has 0 bridgehead atoms. The van der Waals surface area contributed by atoms with Crippen molar-refractivity contribution in [2.45, 2.75) is 13.8 Å². The first-order valence-corrected chi connectivity index (χ1v) is 12.4. The molecule has 5 aromatic rings. The third-order valence-corrected chi connectivity index (χ3v) is 6.90. The molecule has 5 nitrogen and oxygen atoms in total. The van der Waals surface area contributed by atoms with Gasteiger partial charge in [0.05, 0.1) is 16.8 Å². The molecule has 2 aromatic heterocycles. The van der Waals surface area contributed by atoms with Gasteiger partial charge in [0.15, 0.2) is 18.6 Å². The molecule has 0 radical (unpaired) electrons. The van der Waals surface area contributed by atoms with Crippen LogP contribution >= 0.6 is 0 Å². The highest BCUT2D eigenvalue weighted by molar-refractivity contribution is 5.93. The van der Waals surface area contributed by atoms with E-state index < -0.39 is 0 Å². The van der Waals surface area contributed by atoms with Gasteiger partial charge >= 0.3 is 0 Å². The molecule has 0 amide bonds. The van der Waals surface area contributed by atoms with Crippen LogP contribution in [0.1, 0.15) is 25.0 Å². The standard InChI is InChI=1S/C32H31N5.2ClH/c1-22(24-5-10-27(11-6-24)34-29-15-18-36(3)19-16-29)23(2)25-7-12-28(13-8-25)35-31-17-20-37(4)32-14-9-26(33)21-30(31)32;;/h5-21H,33H2,1-4H3;2*1H/b23-22+;;. The van der Waals surface area contributed by atoms with Crippen molar-refractivity contribution in [3.63, 3.8) is 0 Å². The van der Waals surface area contributed by atoms with Crippen LogP contribution in [-0.4, -0.2) is 0 Å².